The molecule has 0 bridgehead atoms. The van der Waals surface area contributed by atoms with E-state index < -0.39 is 11.7 Å². The predicted octanol–water partition coefficient (Wildman–Crippen LogP) is 3.24. The molecule has 108 valence electrons. The molecule has 2 N–H and O–H groups in total. The zero-order chi connectivity index (χ0) is 14.0. The highest BCUT2D eigenvalue weighted by Gasteiger charge is 2.39. The van der Waals surface area contributed by atoms with Crippen molar-refractivity contribution in [2.75, 3.05) is 0 Å². The molecule has 2 rings (SSSR count). The van der Waals surface area contributed by atoms with Gasteiger partial charge in [0.05, 0.1) is 22.5 Å². The number of halogens is 1. The van der Waals surface area contributed by atoms with Gasteiger partial charge in [0.15, 0.2) is 0 Å². The second-order valence-corrected chi connectivity index (χ2v) is 6.24. The van der Waals surface area contributed by atoms with Crippen LogP contribution in [0.4, 0.5) is 0 Å². The summed E-state index contributed by atoms with van der Waals surface area (Å²) in [4.78, 5) is 0. The van der Waals surface area contributed by atoms with Crippen molar-refractivity contribution in [3.05, 3.63) is 16.9 Å². The number of aromatic nitrogens is 2. The molecule has 0 amide bonds. The second-order valence-electron chi connectivity index (χ2n) is 5.84. The van der Waals surface area contributed by atoms with Gasteiger partial charge in [0, 0.05) is 6.04 Å². The summed E-state index contributed by atoms with van der Waals surface area (Å²) in [6, 6.07) is 0.103. The minimum absolute atomic E-state index is 0.103. The van der Waals surface area contributed by atoms with E-state index in [0.717, 1.165) is 25.7 Å². The first-order valence-electron chi connectivity index (χ1n) is 7.09. The van der Waals surface area contributed by atoms with Crippen LogP contribution in [0.1, 0.15) is 70.2 Å². The Hall–Kier alpha value is -0.580. The number of aliphatic hydroxyl groups excluding tert-OH is 1. The number of rotatable bonds is 3. The summed E-state index contributed by atoms with van der Waals surface area (Å²) in [5.41, 5.74) is -0.534. The maximum Gasteiger partial charge on any atom is 0.126 e. The van der Waals surface area contributed by atoms with Gasteiger partial charge in [-0.05, 0) is 26.7 Å². The molecule has 0 saturated heterocycles. The summed E-state index contributed by atoms with van der Waals surface area (Å²) in [7, 11) is 0. The molecule has 1 aromatic rings. The molecule has 1 unspecified atom stereocenters. The molecular weight excluding hydrogens is 264 g/mol. The Morgan fingerprint density at radius 1 is 1.26 bits per heavy atom. The summed E-state index contributed by atoms with van der Waals surface area (Å²) >= 11 is 6.15. The molecule has 1 aliphatic rings. The summed E-state index contributed by atoms with van der Waals surface area (Å²) in [5, 5.41) is 26.0. The fourth-order valence-corrected chi connectivity index (χ4v) is 3.12. The lowest BCUT2D eigenvalue weighted by atomic mass is 9.86. The van der Waals surface area contributed by atoms with E-state index in [2.05, 4.69) is 5.10 Å². The maximum absolute atomic E-state index is 10.8. The van der Waals surface area contributed by atoms with E-state index in [-0.39, 0.29) is 6.04 Å². The predicted molar refractivity (Wildman–Crippen MR) is 75.2 cm³/mol. The SMILES string of the molecule is CC(C)n1ncc(Cl)c1C(O)C1(O)CCCCCC1. The van der Waals surface area contributed by atoms with E-state index in [1.54, 1.807) is 10.9 Å². The Kier molecular flexibility index (Phi) is 4.54. The molecule has 1 atom stereocenters. The Bertz CT molecular complexity index is 423. The third-order valence-electron chi connectivity index (χ3n) is 4.01. The molecule has 0 radical (unpaired) electrons. The monoisotopic (exact) mass is 286 g/mol. The number of aliphatic hydroxyl groups is 2. The van der Waals surface area contributed by atoms with Crippen molar-refractivity contribution in [3.63, 3.8) is 0 Å². The third-order valence-corrected chi connectivity index (χ3v) is 4.30. The number of nitrogens with zero attached hydrogens (tertiary/aromatic N) is 2. The van der Waals surface area contributed by atoms with E-state index >= 15 is 0 Å². The van der Waals surface area contributed by atoms with Crippen molar-refractivity contribution in [2.45, 2.75) is 70.1 Å². The number of hydrogen-bond donors (Lipinski definition) is 2. The molecule has 0 aliphatic heterocycles. The summed E-state index contributed by atoms with van der Waals surface area (Å²) in [5.74, 6) is 0. The highest BCUT2D eigenvalue weighted by Crippen LogP contribution is 2.40. The van der Waals surface area contributed by atoms with Crippen molar-refractivity contribution < 1.29 is 10.2 Å². The van der Waals surface area contributed by atoms with Crippen LogP contribution in [0.3, 0.4) is 0 Å². The van der Waals surface area contributed by atoms with Crippen molar-refractivity contribution in [2.24, 2.45) is 0 Å². The Balaban J connectivity index is 2.32. The standard InChI is InChI=1S/C14H23ClN2O2/c1-10(2)17-12(11(15)9-16-17)13(18)14(19)7-5-3-4-6-8-14/h9-10,13,18-19H,3-8H2,1-2H3. The maximum atomic E-state index is 10.8. The van der Waals surface area contributed by atoms with Crippen LogP contribution in [-0.4, -0.2) is 25.6 Å². The van der Waals surface area contributed by atoms with Crippen molar-refractivity contribution in [3.8, 4) is 0 Å². The van der Waals surface area contributed by atoms with E-state index in [4.69, 9.17) is 11.6 Å². The van der Waals surface area contributed by atoms with Gasteiger partial charge in [0.2, 0.25) is 0 Å². The lowest BCUT2D eigenvalue weighted by Crippen LogP contribution is -2.37. The lowest BCUT2D eigenvalue weighted by molar-refractivity contribution is -0.0904. The van der Waals surface area contributed by atoms with Gasteiger partial charge in [-0.2, -0.15) is 5.10 Å². The van der Waals surface area contributed by atoms with Gasteiger partial charge in [0.25, 0.3) is 0 Å². The first-order chi connectivity index (χ1) is 8.96. The van der Waals surface area contributed by atoms with Crippen molar-refractivity contribution in [1.29, 1.82) is 0 Å². The van der Waals surface area contributed by atoms with E-state index in [0.29, 0.717) is 23.6 Å². The van der Waals surface area contributed by atoms with Crippen LogP contribution in [0.15, 0.2) is 6.20 Å². The van der Waals surface area contributed by atoms with Gasteiger partial charge in [-0.3, -0.25) is 4.68 Å². The molecule has 0 spiro atoms. The molecule has 1 heterocycles. The molecule has 1 aromatic heterocycles. The lowest BCUT2D eigenvalue weighted by Gasteiger charge is -2.33. The van der Waals surface area contributed by atoms with Crippen molar-refractivity contribution >= 4 is 11.6 Å². The van der Waals surface area contributed by atoms with Gasteiger partial charge in [0.1, 0.15) is 6.10 Å². The summed E-state index contributed by atoms with van der Waals surface area (Å²) < 4.78 is 1.70. The third kappa shape index (κ3) is 2.96. The van der Waals surface area contributed by atoms with E-state index in [1.807, 2.05) is 13.8 Å². The van der Waals surface area contributed by atoms with E-state index in [1.165, 1.54) is 0 Å². The highest BCUT2D eigenvalue weighted by atomic mass is 35.5. The van der Waals surface area contributed by atoms with Crippen molar-refractivity contribution in [1.82, 2.24) is 9.78 Å². The molecule has 1 fully saturated rings. The quantitative estimate of drug-likeness (QED) is 0.839. The number of hydrogen-bond acceptors (Lipinski definition) is 3. The molecule has 19 heavy (non-hydrogen) atoms. The fourth-order valence-electron chi connectivity index (χ4n) is 2.89. The summed E-state index contributed by atoms with van der Waals surface area (Å²) in [6.45, 7) is 3.97. The zero-order valence-electron chi connectivity index (χ0n) is 11.6. The van der Waals surface area contributed by atoms with Crippen LogP contribution in [-0.2, 0) is 0 Å². The first-order valence-corrected chi connectivity index (χ1v) is 7.47. The highest BCUT2D eigenvalue weighted by molar-refractivity contribution is 6.31. The Morgan fingerprint density at radius 3 is 2.37 bits per heavy atom. The first kappa shape index (κ1) is 14.8. The van der Waals surface area contributed by atoms with E-state index in [9.17, 15) is 10.2 Å². The van der Waals surface area contributed by atoms with Crippen LogP contribution in [0.25, 0.3) is 0 Å². The molecule has 4 nitrogen and oxygen atoms in total. The topological polar surface area (TPSA) is 58.3 Å². The van der Waals surface area contributed by atoms with Gasteiger partial charge in [-0.25, -0.2) is 0 Å². The van der Waals surface area contributed by atoms with Crippen LogP contribution >= 0.6 is 11.6 Å². The van der Waals surface area contributed by atoms with Crippen LogP contribution in [0.5, 0.6) is 0 Å². The van der Waals surface area contributed by atoms with Gasteiger partial charge < -0.3 is 10.2 Å². The molecule has 1 saturated carbocycles. The second kappa shape index (κ2) is 5.81. The average molecular weight is 287 g/mol. The summed E-state index contributed by atoms with van der Waals surface area (Å²) in [6.07, 6.45) is 5.94. The van der Waals surface area contributed by atoms with Crippen LogP contribution in [0, 0.1) is 0 Å². The van der Waals surface area contributed by atoms with Crippen LogP contribution < -0.4 is 0 Å². The molecular formula is C14H23ClN2O2. The smallest absolute Gasteiger partial charge is 0.126 e. The Morgan fingerprint density at radius 2 is 1.84 bits per heavy atom. The zero-order valence-corrected chi connectivity index (χ0v) is 12.4. The molecule has 0 aromatic carbocycles. The van der Waals surface area contributed by atoms with Gasteiger partial charge in [-0.1, -0.05) is 37.3 Å². The minimum Gasteiger partial charge on any atom is -0.387 e. The minimum atomic E-state index is -1.08. The van der Waals surface area contributed by atoms with Gasteiger partial charge >= 0.3 is 0 Å². The Labute approximate surface area is 119 Å². The molecule has 1 aliphatic carbocycles. The fraction of sp³-hybridized carbons (Fsp3) is 0.786. The normalized spacial score (nSPS) is 21.4. The van der Waals surface area contributed by atoms with Gasteiger partial charge in [-0.15, -0.1) is 0 Å². The molecule has 5 heteroatoms. The largest absolute Gasteiger partial charge is 0.387 e. The average Bonchev–Trinajstić information content (AvgIpc) is 2.60. The van der Waals surface area contributed by atoms with Crippen LogP contribution in [0.2, 0.25) is 5.02 Å².